The number of rotatable bonds is 2. The zero-order valence-electron chi connectivity index (χ0n) is 9.90. The second kappa shape index (κ2) is 5.80. The Hall–Kier alpha value is -0.940. The number of carbonyl (C=O) groups excluding carboxylic acids is 1. The number of hydrogen-bond acceptors (Lipinski definition) is 2. The van der Waals surface area contributed by atoms with E-state index in [1.54, 1.807) is 17.0 Å². The number of halogens is 2. The third kappa shape index (κ3) is 2.72. The zero-order chi connectivity index (χ0) is 13.1. The van der Waals surface area contributed by atoms with Crippen molar-refractivity contribution in [2.75, 3.05) is 19.7 Å². The summed E-state index contributed by atoms with van der Waals surface area (Å²) in [5, 5.41) is 9.15. The normalized spacial score (nSPS) is 19.9. The molecule has 1 fully saturated rings. The van der Waals surface area contributed by atoms with Crippen molar-refractivity contribution in [3.8, 4) is 0 Å². The van der Waals surface area contributed by atoms with Gasteiger partial charge < -0.3 is 10.0 Å². The van der Waals surface area contributed by atoms with Gasteiger partial charge in [0.15, 0.2) is 0 Å². The van der Waals surface area contributed by atoms with Crippen LogP contribution in [-0.4, -0.2) is 35.6 Å². The van der Waals surface area contributed by atoms with Gasteiger partial charge in [0.2, 0.25) is 0 Å². The largest absolute Gasteiger partial charge is 0.396 e. The lowest BCUT2D eigenvalue weighted by Gasteiger charge is -2.32. The van der Waals surface area contributed by atoms with Crippen LogP contribution in [0, 0.1) is 11.7 Å². The smallest absolute Gasteiger partial charge is 0.257 e. The van der Waals surface area contributed by atoms with Gasteiger partial charge in [-0.05, 0) is 46.8 Å². The van der Waals surface area contributed by atoms with E-state index in [0.717, 1.165) is 12.8 Å². The highest BCUT2D eigenvalue weighted by molar-refractivity contribution is 9.10. The number of aliphatic hydroxyl groups is 1. The quantitative estimate of drug-likeness (QED) is 0.910. The monoisotopic (exact) mass is 315 g/mol. The van der Waals surface area contributed by atoms with Crippen LogP contribution in [0.25, 0.3) is 0 Å². The van der Waals surface area contributed by atoms with Crippen molar-refractivity contribution in [3.05, 3.63) is 34.1 Å². The molecule has 1 saturated heterocycles. The molecule has 1 aliphatic rings. The average Bonchev–Trinajstić information content (AvgIpc) is 2.38. The summed E-state index contributed by atoms with van der Waals surface area (Å²) in [4.78, 5) is 13.9. The minimum absolute atomic E-state index is 0.0716. The third-order valence-corrected chi connectivity index (χ3v) is 3.90. The maximum atomic E-state index is 13.7. The number of nitrogens with zero attached hydrogens (tertiary/aromatic N) is 1. The molecule has 0 bridgehead atoms. The molecule has 1 amide bonds. The predicted molar refractivity (Wildman–Crippen MR) is 69.8 cm³/mol. The molecule has 0 aromatic heterocycles. The third-order valence-electron chi connectivity index (χ3n) is 3.24. The fourth-order valence-corrected chi connectivity index (χ4v) is 2.77. The molecule has 0 saturated carbocycles. The second-order valence-electron chi connectivity index (χ2n) is 4.54. The number of aliphatic hydroxyl groups excluding tert-OH is 1. The first kappa shape index (κ1) is 13.5. The zero-order valence-corrected chi connectivity index (χ0v) is 11.5. The van der Waals surface area contributed by atoms with Gasteiger partial charge in [-0.3, -0.25) is 4.79 Å². The molecule has 18 heavy (non-hydrogen) atoms. The van der Waals surface area contributed by atoms with E-state index >= 15 is 0 Å². The number of piperidine rings is 1. The molecule has 0 spiro atoms. The van der Waals surface area contributed by atoms with E-state index in [2.05, 4.69) is 15.9 Å². The molecule has 1 heterocycles. The van der Waals surface area contributed by atoms with E-state index in [1.165, 1.54) is 6.07 Å². The summed E-state index contributed by atoms with van der Waals surface area (Å²) in [7, 11) is 0. The Labute approximate surface area is 114 Å². The molecule has 0 radical (unpaired) electrons. The Morgan fingerprint density at radius 1 is 1.56 bits per heavy atom. The fraction of sp³-hybridized carbons (Fsp3) is 0.462. The van der Waals surface area contributed by atoms with Crippen molar-refractivity contribution in [2.45, 2.75) is 12.8 Å². The molecule has 1 unspecified atom stereocenters. The van der Waals surface area contributed by atoms with Gasteiger partial charge in [-0.25, -0.2) is 4.39 Å². The van der Waals surface area contributed by atoms with Crippen molar-refractivity contribution in [3.63, 3.8) is 0 Å². The number of likely N-dealkylation sites (tertiary alicyclic amines) is 1. The van der Waals surface area contributed by atoms with E-state index in [4.69, 9.17) is 5.11 Å². The van der Waals surface area contributed by atoms with Crippen LogP contribution in [0.5, 0.6) is 0 Å². The summed E-state index contributed by atoms with van der Waals surface area (Å²) in [6, 6.07) is 4.50. The molecule has 98 valence electrons. The van der Waals surface area contributed by atoms with Crippen molar-refractivity contribution >= 4 is 21.8 Å². The number of carbonyl (C=O) groups is 1. The highest BCUT2D eigenvalue weighted by Gasteiger charge is 2.26. The van der Waals surface area contributed by atoms with Gasteiger partial charge in [0, 0.05) is 24.2 Å². The Morgan fingerprint density at radius 3 is 3.00 bits per heavy atom. The number of benzene rings is 1. The van der Waals surface area contributed by atoms with Gasteiger partial charge in [0.05, 0.1) is 5.56 Å². The molecule has 5 heteroatoms. The highest BCUT2D eigenvalue weighted by atomic mass is 79.9. The Morgan fingerprint density at radius 2 is 2.33 bits per heavy atom. The lowest BCUT2D eigenvalue weighted by molar-refractivity contribution is 0.0615. The van der Waals surface area contributed by atoms with Crippen LogP contribution in [0.15, 0.2) is 22.7 Å². The van der Waals surface area contributed by atoms with E-state index in [1.807, 2.05) is 0 Å². The Balaban J connectivity index is 2.20. The van der Waals surface area contributed by atoms with Crippen LogP contribution in [0.4, 0.5) is 4.39 Å². The van der Waals surface area contributed by atoms with Crippen LogP contribution < -0.4 is 0 Å². The summed E-state index contributed by atoms with van der Waals surface area (Å²) in [5.74, 6) is -0.716. The average molecular weight is 316 g/mol. The predicted octanol–water partition coefficient (Wildman–Crippen LogP) is 2.43. The lowest BCUT2D eigenvalue weighted by Crippen LogP contribution is -2.41. The number of hydrogen-bond donors (Lipinski definition) is 1. The summed E-state index contributed by atoms with van der Waals surface area (Å²) in [6.07, 6.45) is 1.77. The molecular weight excluding hydrogens is 301 g/mol. The van der Waals surface area contributed by atoms with Crippen LogP contribution in [-0.2, 0) is 0 Å². The first-order valence-corrected chi connectivity index (χ1v) is 6.77. The number of amides is 1. The molecule has 2 rings (SSSR count). The summed E-state index contributed by atoms with van der Waals surface area (Å²) in [5.41, 5.74) is 0.0797. The summed E-state index contributed by atoms with van der Waals surface area (Å²) < 4.78 is 14.2. The van der Waals surface area contributed by atoms with E-state index < -0.39 is 5.82 Å². The molecule has 0 aliphatic carbocycles. The molecule has 1 N–H and O–H groups in total. The first-order valence-electron chi connectivity index (χ1n) is 5.97. The van der Waals surface area contributed by atoms with Gasteiger partial charge in [-0.15, -0.1) is 0 Å². The SMILES string of the molecule is O=C(c1c(F)cccc1Br)N1CCCC(CO)C1. The maximum absolute atomic E-state index is 13.7. The molecule has 3 nitrogen and oxygen atoms in total. The van der Waals surface area contributed by atoms with Crippen molar-refractivity contribution in [1.29, 1.82) is 0 Å². The van der Waals surface area contributed by atoms with Crippen LogP contribution in [0.2, 0.25) is 0 Å². The van der Waals surface area contributed by atoms with Gasteiger partial charge in [-0.1, -0.05) is 6.07 Å². The van der Waals surface area contributed by atoms with E-state index in [-0.39, 0.29) is 24.0 Å². The lowest BCUT2D eigenvalue weighted by atomic mass is 9.98. The second-order valence-corrected chi connectivity index (χ2v) is 5.39. The van der Waals surface area contributed by atoms with Crippen LogP contribution in [0.3, 0.4) is 0 Å². The topological polar surface area (TPSA) is 40.5 Å². The van der Waals surface area contributed by atoms with Crippen molar-refractivity contribution in [1.82, 2.24) is 4.90 Å². The molecule has 1 aromatic rings. The molecule has 1 atom stereocenters. The Bertz CT molecular complexity index is 432. The van der Waals surface area contributed by atoms with Gasteiger partial charge in [0.25, 0.3) is 5.91 Å². The molecular formula is C13H15BrFNO2. The van der Waals surface area contributed by atoms with Gasteiger partial charge in [0.1, 0.15) is 5.82 Å². The maximum Gasteiger partial charge on any atom is 0.257 e. The van der Waals surface area contributed by atoms with Gasteiger partial charge >= 0.3 is 0 Å². The summed E-state index contributed by atoms with van der Waals surface area (Å²) >= 11 is 3.21. The van der Waals surface area contributed by atoms with Crippen LogP contribution in [0.1, 0.15) is 23.2 Å². The van der Waals surface area contributed by atoms with Crippen LogP contribution >= 0.6 is 15.9 Å². The summed E-state index contributed by atoms with van der Waals surface area (Å²) in [6.45, 7) is 1.19. The molecule has 1 aliphatic heterocycles. The minimum Gasteiger partial charge on any atom is -0.396 e. The van der Waals surface area contributed by atoms with E-state index in [9.17, 15) is 9.18 Å². The standard InChI is InChI=1S/C13H15BrFNO2/c14-10-4-1-5-11(15)12(10)13(18)16-6-2-3-9(7-16)8-17/h1,4-5,9,17H,2-3,6-8H2. The minimum atomic E-state index is -0.513. The van der Waals surface area contributed by atoms with Gasteiger partial charge in [-0.2, -0.15) is 0 Å². The Kier molecular flexibility index (Phi) is 4.35. The van der Waals surface area contributed by atoms with E-state index in [0.29, 0.717) is 17.6 Å². The highest BCUT2D eigenvalue weighted by Crippen LogP contribution is 2.24. The fourth-order valence-electron chi connectivity index (χ4n) is 2.26. The molecule has 1 aromatic carbocycles. The van der Waals surface area contributed by atoms with Crippen molar-refractivity contribution in [2.24, 2.45) is 5.92 Å². The first-order chi connectivity index (χ1) is 8.63. The van der Waals surface area contributed by atoms with Crippen molar-refractivity contribution < 1.29 is 14.3 Å².